The monoisotopic (exact) mass is 296 g/mol. The van der Waals surface area contributed by atoms with Gasteiger partial charge >= 0.3 is 0 Å². The highest BCUT2D eigenvalue weighted by Gasteiger charge is 2.36. The van der Waals surface area contributed by atoms with Crippen LogP contribution in [0, 0.1) is 17.3 Å². The third kappa shape index (κ3) is 5.54. The van der Waals surface area contributed by atoms with Crippen LogP contribution in [-0.4, -0.2) is 49.8 Å². The van der Waals surface area contributed by atoms with Gasteiger partial charge in [-0.15, -0.1) is 0 Å². The largest absolute Gasteiger partial charge is 0.381 e. The first-order valence-electron chi connectivity index (χ1n) is 8.83. The van der Waals surface area contributed by atoms with Crippen molar-refractivity contribution < 1.29 is 4.74 Å². The van der Waals surface area contributed by atoms with Crippen molar-refractivity contribution in [3.05, 3.63) is 0 Å². The highest BCUT2D eigenvalue weighted by atomic mass is 16.5. The fraction of sp³-hybridized carbons (Fsp3) is 1.00. The summed E-state index contributed by atoms with van der Waals surface area (Å²) in [6.07, 6.45) is 3.80. The minimum Gasteiger partial charge on any atom is -0.381 e. The summed E-state index contributed by atoms with van der Waals surface area (Å²) in [5.41, 5.74) is 0.607. The molecule has 0 bridgehead atoms. The van der Waals surface area contributed by atoms with E-state index in [-0.39, 0.29) is 5.54 Å². The molecule has 0 amide bonds. The van der Waals surface area contributed by atoms with Gasteiger partial charge in [-0.25, -0.2) is 0 Å². The van der Waals surface area contributed by atoms with Crippen LogP contribution in [0.3, 0.4) is 0 Å². The van der Waals surface area contributed by atoms with Gasteiger partial charge in [0.05, 0.1) is 0 Å². The SMILES string of the molecule is CC1CC(C)CN(CC2(CNC(C)(C)C)CCOCC2)C1. The Bertz CT molecular complexity index is 308. The molecule has 0 aromatic carbocycles. The summed E-state index contributed by atoms with van der Waals surface area (Å²) >= 11 is 0. The third-order valence-electron chi connectivity index (χ3n) is 5.05. The van der Waals surface area contributed by atoms with Crippen LogP contribution in [0.5, 0.6) is 0 Å². The Morgan fingerprint density at radius 1 is 1.10 bits per heavy atom. The van der Waals surface area contributed by atoms with E-state index in [2.05, 4.69) is 44.8 Å². The molecule has 124 valence electrons. The van der Waals surface area contributed by atoms with Gasteiger partial charge in [0.2, 0.25) is 0 Å². The van der Waals surface area contributed by atoms with E-state index < -0.39 is 0 Å². The van der Waals surface area contributed by atoms with Crippen LogP contribution in [0.1, 0.15) is 53.9 Å². The fourth-order valence-electron chi connectivity index (χ4n) is 4.04. The minimum absolute atomic E-state index is 0.202. The molecular weight excluding hydrogens is 260 g/mol. The summed E-state index contributed by atoms with van der Waals surface area (Å²) in [6, 6.07) is 0. The predicted molar refractivity (Wildman–Crippen MR) is 89.6 cm³/mol. The van der Waals surface area contributed by atoms with Gasteiger partial charge in [0.1, 0.15) is 0 Å². The van der Waals surface area contributed by atoms with Gasteiger partial charge in [0.15, 0.2) is 0 Å². The third-order valence-corrected chi connectivity index (χ3v) is 5.05. The summed E-state index contributed by atoms with van der Waals surface area (Å²) in [4.78, 5) is 2.73. The number of nitrogens with zero attached hydrogens (tertiary/aromatic N) is 1. The smallest absolute Gasteiger partial charge is 0.0472 e. The first-order valence-corrected chi connectivity index (χ1v) is 8.83. The molecule has 2 aliphatic rings. The molecule has 2 aliphatic heterocycles. The average molecular weight is 296 g/mol. The first kappa shape index (κ1) is 17.2. The van der Waals surface area contributed by atoms with Crippen LogP contribution < -0.4 is 5.32 Å². The normalized spacial score (nSPS) is 31.3. The quantitative estimate of drug-likeness (QED) is 0.862. The summed E-state index contributed by atoms with van der Waals surface area (Å²) in [6.45, 7) is 18.4. The molecule has 0 saturated carbocycles. The number of hydrogen-bond acceptors (Lipinski definition) is 3. The minimum atomic E-state index is 0.202. The van der Waals surface area contributed by atoms with Gasteiger partial charge in [-0.05, 0) is 57.3 Å². The average Bonchev–Trinajstić information content (AvgIpc) is 2.35. The highest BCUT2D eigenvalue weighted by Crippen LogP contribution is 2.33. The molecule has 1 N–H and O–H groups in total. The Balaban J connectivity index is 1.98. The predicted octanol–water partition coefficient (Wildman–Crippen LogP) is 3.15. The maximum Gasteiger partial charge on any atom is 0.0472 e. The topological polar surface area (TPSA) is 24.5 Å². The summed E-state index contributed by atoms with van der Waals surface area (Å²) in [5.74, 6) is 1.70. The lowest BCUT2D eigenvalue weighted by molar-refractivity contribution is -0.0172. The summed E-state index contributed by atoms with van der Waals surface area (Å²) < 4.78 is 5.64. The zero-order valence-corrected chi connectivity index (χ0v) is 14.9. The molecule has 3 nitrogen and oxygen atoms in total. The van der Waals surface area contributed by atoms with E-state index in [9.17, 15) is 0 Å². The molecule has 2 rings (SSSR count). The van der Waals surface area contributed by atoms with Crippen LogP contribution in [0.15, 0.2) is 0 Å². The lowest BCUT2D eigenvalue weighted by Gasteiger charge is -2.45. The van der Waals surface area contributed by atoms with E-state index in [0.717, 1.165) is 31.6 Å². The number of nitrogens with one attached hydrogen (secondary N) is 1. The lowest BCUT2D eigenvalue weighted by Crippen LogP contribution is -2.53. The van der Waals surface area contributed by atoms with Crippen molar-refractivity contribution in [2.24, 2.45) is 17.3 Å². The molecule has 0 radical (unpaired) electrons. The van der Waals surface area contributed by atoms with Crippen LogP contribution in [0.25, 0.3) is 0 Å². The number of rotatable bonds is 4. The van der Waals surface area contributed by atoms with E-state index >= 15 is 0 Å². The molecule has 2 saturated heterocycles. The van der Waals surface area contributed by atoms with Crippen molar-refractivity contribution >= 4 is 0 Å². The van der Waals surface area contributed by atoms with Crippen LogP contribution in [0.2, 0.25) is 0 Å². The Morgan fingerprint density at radius 2 is 1.67 bits per heavy atom. The van der Waals surface area contributed by atoms with Gasteiger partial charge in [-0.3, -0.25) is 0 Å². The van der Waals surface area contributed by atoms with Crippen LogP contribution >= 0.6 is 0 Å². The Labute approximate surface area is 131 Å². The molecule has 21 heavy (non-hydrogen) atoms. The second-order valence-electron chi connectivity index (χ2n) is 8.86. The molecule has 0 aromatic rings. The van der Waals surface area contributed by atoms with Gasteiger partial charge < -0.3 is 15.0 Å². The fourth-order valence-corrected chi connectivity index (χ4v) is 4.04. The number of hydrogen-bond donors (Lipinski definition) is 1. The van der Waals surface area contributed by atoms with Crippen molar-refractivity contribution in [1.29, 1.82) is 0 Å². The lowest BCUT2D eigenvalue weighted by atomic mass is 9.78. The molecule has 2 unspecified atom stereocenters. The van der Waals surface area contributed by atoms with E-state index in [1.165, 1.54) is 38.9 Å². The Morgan fingerprint density at radius 3 is 2.19 bits per heavy atom. The van der Waals surface area contributed by atoms with Crippen molar-refractivity contribution in [3.63, 3.8) is 0 Å². The van der Waals surface area contributed by atoms with E-state index in [4.69, 9.17) is 4.74 Å². The molecule has 0 aliphatic carbocycles. The van der Waals surface area contributed by atoms with Crippen molar-refractivity contribution in [1.82, 2.24) is 10.2 Å². The summed E-state index contributed by atoms with van der Waals surface area (Å²) in [7, 11) is 0. The zero-order valence-electron chi connectivity index (χ0n) is 14.9. The molecule has 3 heteroatoms. The van der Waals surface area contributed by atoms with E-state index in [1.54, 1.807) is 0 Å². The van der Waals surface area contributed by atoms with Crippen molar-refractivity contribution in [3.8, 4) is 0 Å². The standard InChI is InChI=1S/C18H36N2O/c1-15-10-16(2)12-20(11-15)14-18(6-8-21-9-7-18)13-19-17(3,4)5/h15-16,19H,6-14H2,1-5H3. The molecule has 0 spiro atoms. The number of piperidine rings is 1. The second kappa shape index (κ2) is 6.97. The zero-order chi connectivity index (χ0) is 15.5. The maximum absolute atomic E-state index is 5.64. The molecule has 2 heterocycles. The Kier molecular flexibility index (Phi) is 5.72. The highest BCUT2D eigenvalue weighted by molar-refractivity contribution is 4.91. The number of likely N-dealkylation sites (tertiary alicyclic amines) is 1. The second-order valence-corrected chi connectivity index (χ2v) is 8.86. The molecule has 2 atom stereocenters. The van der Waals surface area contributed by atoms with Crippen molar-refractivity contribution in [2.45, 2.75) is 59.4 Å². The molecule has 0 aromatic heterocycles. The maximum atomic E-state index is 5.64. The van der Waals surface area contributed by atoms with Gasteiger partial charge in [-0.1, -0.05) is 13.8 Å². The molecule has 2 fully saturated rings. The van der Waals surface area contributed by atoms with E-state index in [0.29, 0.717) is 5.41 Å². The number of ether oxygens (including phenoxy) is 1. The first-order chi connectivity index (χ1) is 9.78. The molecular formula is C18H36N2O. The Hall–Kier alpha value is -0.120. The van der Waals surface area contributed by atoms with E-state index in [1.807, 2.05) is 0 Å². The van der Waals surface area contributed by atoms with Crippen LogP contribution in [0.4, 0.5) is 0 Å². The van der Waals surface area contributed by atoms with Gasteiger partial charge in [0, 0.05) is 44.9 Å². The summed E-state index contributed by atoms with van der Waals surface area (Å²) in [5, 5.41) is 3.76. The van der Waals surface area contributed by atoms with Crippen LogP contribution in [-0.2, 0) is 4.74 Å². The van der Waals surface area contributed by atoms with Crippen molar-refractivity contribution in [2.75, 3.05) is 39.4 Å². The van der Waals surface area contributed by atoms with Gasteiger partial charge in [0.25, 0.3) is 0 Å². The van der Waals surface area contributed by atoms with Gasteiger partial charge in [-0.2, -0.15) is 0 Å².